The van der Waals surface area contributed by atoms with Gasteiger partial charge in [-0.2, -0.15) is 0 Å². The number of nitrogens with zero attached hydrogens (tertiary/aromatic N) is 1. The molecule has 13 heavy (non-hydrogen) atoms. The van der Waals surface area contributed by atoms with Gasteiger partial charge in [-0.25, -0.2) is 9.78 Å². The second-order valence-electron chi connectivity index (χ2n) is 2.31. The van der Waals surface area contributed by atoms with Gasteiger partial charge in [0.2, 0.25) is 0 Å². The topological polar surface area (TPSA) is 56.3 Å². The average Bonchev–Trinajstić information content (AvgIpc) is 2.52. The molecule has 0 bridgehead atoms. The molecule has 4 nitrogen and oxygen atoms in total. The highest BCUT2D eigenvalue weighted by atomic mass is 32.1. The van der Waals surface area contributed by atoms with E-state index in [-0.39, 0.29) is 5.78 Å². The lowest BCUT2D eigenvalue weighted by Crippen LogP contribution is -2.01. The minimum absolute atomic E-state index is 0.138. The summed E-state index contributed by atoms with van der Waals surface area (Å²) in [6, 6.07) is 0. The van der Waals surface area contributed by atoms with Crippen LogP contribution in [0.2, 0.25) is 0 Å². The van der Waals surface area contributed by atoms with Gasteiger partial charge in [-0.15, -0.1) is 11.3 Å². The number of Topliss-reactive ketones (excluding diaryl/α,β-unsaturated/α-hetero) is 1. The number of aromatic nitrogens is 1. The van der Waals surface area contributed by atoms with Crippen LogP contribution >= 0.6 is 11.3 Å². The van der Waals surface area contributed by atoms with Crippen LogP contribution < -0.4 is 0 Å². The van der Waals surface area contributed by atoms with Gasteiger partial charge in [0.15, 0.2) is 10.8 Å². The van der Waals surface area contributed by atoms with E-state index in [2.05, 4.69) is 4.98 Å². The van der Waals surface area contributed by atoms with Crippen LogP contribution in [0.25, 0.3) is 0 Å². The minimum atomic E-state index is -0.424. The molecule has 1 aromatic rings. The summed E-state index contributed by atoms with van der Waals surface area (Å²) in [6.45, 7) is 3.46. The van der Waals surface area contributed by atoms with Crippen LogP contribution in [0.1, 0.15) is 33.3 Å². The molecule has 1 rings (SSSR count). The maximum absolute atomic E-state index is 11.1. The fourth-order valence-corrected chi connectivity index (χ4v) is 1.44. The number of carbonyl (C=O) groups is 2. The average molecular weight is 199 g/mol. The predicted octanol–water partition coefficient (Wildman–Crippen LogP) is 1.52. The number of rotatable bonds is 3. The van der Waals surface area contributed by atoms with Gasteiger partial charge in [0.05, 0.1) is 12.8 Å². The van der Waals surface area contributed by atoms with Gasteiger partial charge in [-0.3, -0.25) is 4.79 Å². The van der Waals surface area contributed by atoms with Crippen LogP contribution in [0, 0.1) is 0 Å². The molecule has 0 atom stereocenters. The van der Waals surface area contributed by atoms with Crippen molar-refractivity contribution in [3.05, 3.63) is 16.1 Å². The molecule has 70 valence electrons. The van der Waals surface area contributed by atoms with Gasteiger partial charge in [-0.05, 0) is 6.92 Å². The molecular formula is C8H9NO3S. The molecule has 0 aromatic carbocycles. The Labute approximate surface area is 79.6 Å². The summed E-state index contributed by atoms with van der Waals surface area (Å²) >= 11 is 1.05. The third-order valence-electron chi connectivity index (χ3n) is 1.28. The summed E-state index contributed by atoms with van der Waals surface area (Å²) < 4.78 is 4.74. The Bertz CT molecular complexity index is 332. The lowest BCUT2D eigenvalue weighted by Gasteiger charge is -1.95. The summed E-state index contributed by atoms with van der Waals surface area (Å²) in [5, 5.41) is 0.336. The summed E-state index contributed by atoms with van der Waals surface area (Å²) in [6.07, 6.45) is 1.36. The van der Waals surface area contributed by atoms with Gasteiger partial charge >= 0.3 is 5.97 Å². The zero-order valence-electron chi connectivity index (χ0n) is 7.36. The predicted molar refractivity (Wildman–Crippen MR) is 48.1 cm³/mol. The third kappa shape index (κ3) is 2.35. The van der Waals surface area contributed by atoms with E-state index in [0.717, 1.165) is 11.3 Å². The zero-order chi connectivity index (χ0) is 9.84. The quantitative estimate of drug-likeness (QED) is 0.547. The highest BCUT2D eigenvalue weighted by molar-refractivity contribution is 7.15. The largest absolute Gasteiger partial charge is 0.462 e. The molecule has 0 N–H and O–H groups in total. The molecule has 1 heterocycles. The van der Waals surface area contributed by atoms with Gasteiger partial charge in [0.25, 0.3) is 0 Å². The molecule has 0 fully saturated rings. The standard InChI is InChI=1S/C8H9NO3S/c1-3-12-8(11)6-4-9-7(13-6)5(2)10/h4H,3H2,1-2H3. The van der Waals surface area contributed by atoms with Gasteiger partial charge in [-0.1, -0.05) is 0 Å². The third-order valence-corrected chi connectivity index (χ3v) is 2.36. The van der Waals surface area contributed by atoms with Crippen molar-refractivity contribution in [2.75, 3.05) is 6.61 Å². The maximum atomic E-state index is 11.1. The summed E-state index contributed by atoms with van der Waals surface area (Å²) in [5.41, 5.74) is 0. The number of esters is 1. The Morgan fingerprint density at radius 3 is 2.77 bits per heavy atom. The van der Waals surface area contributed by atoms with Crippen molar-refractivity contribution in [1.29, 1.82) is 0 Å². The molecule has 0 spiro atoms. The molecule has 1 aromatic heterocycles. The molecule has 0 saturated heterocycles. The minimum Gasteiger partial charge on any atom is -0.462 e. The Balaban J connectivity index is 2.79. The summed E-state index contributed by atoms with van der Waals surface area (Å²) in [7, 11) is 0. The Kier molecular flexibility index (Phi) is 3.13. The molecule has 0 aliphatic rings. The fourth-order valence-electron chi connectivity index (χ4n) is 0.733. The first-order valence-electron chi connectivity index (χ1n) is 3.79. The number of hydrogen-bond acceptors (Lipinski definition) is 5. The van der Waals surface area contributed by atoms with E-state index in [1.165, 1.54) is 13.1 Å². The van der Waals surface area contributed by atoms with E-state index in [1.807, 2.05) is 0 Å². The molecule has 0 amide bonds. The van der Waals surface area contributed by atoms with Crippen LogP contribution in [0.4, 0.5) is 0 Å². The van der Waals surface area contributed by atoms with Crippen molar-refractivity contribution in [2.45, 2.75) is 13.8 Å². The van der Waals surface area contributed by atoms with E-state index in [0.29, 0.717) is 16.5 Å². The Morgan fingerprint density at radius 1 is 1.62 bits per heavy atom. The fraction of sp³-hybridized carbons (Fsp3) is 0.375. The summed E-state index contributed by atoms with van der Waals surface area (Å²) in [4.78, 5) is 26.1. The maximum Gasteiger partial charge on any atom is 0.349 e. The van der Waals surface area contributed by atoms with E-state index in [9.17, 15) is 9.59 Å². The van der Waals surface area contributed by atoms with Crippen molar-refractivity contribution in [3.63, 3.8) is 0 Å². The van der Waals surface area contributed by atoms with Crippen molar-refractivity contribution in [3.8, 4) is 0 Å². The molecule has 0 unspecified atom stereocenters. The lowest BCUT2D eigenvalue weighted by atomic mass is 10.5. The van der Waals surface area contributed by atoms with Crippen LogP contribution in [-0.4, -0.2) is 23.3 Å². The first-order valence-corrected chi connectivity index (χ1v) is 4.60. The smallest absolute Gasteiger partial charge is 0.349 e. The lowest BCUT2D eigenvalue weighted by molar-refractivity contribution is 0.0531. The van der Waals surface area contributed by atoms with Crippen LogP contribution in [0.5, 0.6) is 0 Å². The van der Waals surface area contributed by atoms with Crippen LogP contribution in [-0.2, 0) is 4.74 Å². The molecule has 5 heteroatoms. The number of ketones is 1. The number of thiazole rings is 1. The molecule has 0 saturated carbocycles. The number of ether oxygens (including phenoxy) is 1. The van der Waals surface area contributed by atoms with Crippen molar-refractivity contribution < 1.29 is 14.3 Å². The molecular weight excluding hydrogens is 190 g/mol. The number of carbonyl (C=O) groups excluding carboxylic acids is 2. The SMILES string of the molecule is CCOC(=O)c1cnc(C(C)=O)s1. The summed E-state index contributed by atoms with van der Waals surface area (Å²) in [5.74, 6) is -0.562. The number of hydrogen-bond donors (Lipinski definition) is 0. The first-order chi connectivity index (χ1) is 6.15. The highest BCUT2D eigenvalue weighted by Gasteiger charge is 2.12. The van der Waals surface area contributed by atoms with E-state index >= 15 is 0 Å². The normalized spacial score (nSPS) is 9.69. The second kappa shape index (κ2) is 4.13. The molecule has 0 radical (unpaired) electrons. The van der Waals surface area contributed by atoms with E-state index in [1.54, 1.807) is 6.92 Å². The Morgan fingerprint density at radius 2 is 2.31 bits per heavy atom. The van der Waals surface area contributed by atoms with Crippen molar-refractivity contribution in [1.82, 2.24) is 4.98 Å². The van der Waals surface area contributed by atoms with Crippen LogP contribution in [0.3, 0.4) is 0 Å². The van der Waals surface area contributed by atoms with Gasteiger partial charge in [0, 0.05) is 6.92 Å². The van der Waals surface area contributed by atoms with Crippen molar-refractivity contribution in [2.24, 2.45) is 0 Å². The van der Waals surface area contributed by atoms with Gasteiger partial charge in [0.1, 0.15) is 4.88 Å². The van der Waals surface area contributed by atoms with Gasteiger partial charge < -0.3 is 4.74 Å². The monoisotopic (exact) mass is 199 g/mol. The van der Waals surface area contributed by atoms with Crippen LogP contribution in [0.15, 0.2) is 6.20 Å². The zero-order valence-corrected chi connectivity index (χ0v) is 8.18. The second-order valence-corrected chi connectivity index (χ2v) is 3.34. The highest BCUT2D eigenvalue weighted by Crippen LogP contribution is 2.14. The Hall–Kier alpha value is -1.23. The molecule has 0 aliphatic carbocycles. The van der Waals surface area contributed by atoms with E-state index in [4.69, 9.17) is 4.74 Å². The van der Waals surface area contributed by atoms with Crippen molar-refractivity contribution >= 4 is 23.1 Å². The first kappa shape index (κ1) is 9.85. The molecule has 0 aliphatic heterocycles. The van der Waals surface area contributed by atoms with E-state index < -0.39 is 5.97 Å².